The fourth-order valence-corrected chi connectivity index (χ4v) is 10.2. The zero-order valence-corrected chi connectivity index (χ0v) is 51.6. The average Bonchev–Trinajstić information content (AvgIpc) is 3.38. The Hall–Kier alpha value is -2.06. The molecule has 0 saturated carbocycles. The molecule has 1 amide bonds. The lowest BCUT2D eigenvalue weighted by atomic mass is 10.0. The maximum absolute atomic E-state index is 13.0. The van der Waals surface area contributed by atoms with Crippen LogP contribution in [0.15, 0.2) is 72.9 Å². The number of carbonyl (C=O) groups excluding carboxylic acids is 1. The molecule has 0 radical (unpaired) electrons. The van der Waals surface area contributed by atoms with Gasteiger partial charge in [-0.25, -0.2) is 0 Å². The number of hydrogen-bond donors (Lipinski definition) is 2. The van der Waals surface area contributed by atoms with E-state index in [0.29, 0.717) is 23.9 Å². The van der Waals surface area contributed by atoms with Crippen molar-refractivity contribution >= 4 is 13.7 Å². The van der Waals surface area contributed by atoms with E-state index in [9.17, 15) is 19.4 Å². The molecule has 0 bridgehead atoms. The van der Waals surface area contributed by atoms with Crippen LogP contribution in [0, 0.1) is 0 Å². The van der Waals surface area contributed by atoms with Crippen LogP contribution >= 0.6 is 7.82 Å². The summed E-state index contributed by atoms with van der Waals surface area (Å²) in [5, 5.41) is 14.1. The summed E-state index contributed by atoms with van der Waals surface area (Å²) in [6.07, 6.45) is 79.5. The fourth-order valence-electron chi connectivity index (χ4n) is 9.46. The largest absolute Gasteiger partial charge is 0.756 e. The Kier molecular flexibility index (Phi) is 56.1. The Morgan fingerprint density at radius 3 is 1.17 bits per heavy atom. The van der Waals surface area contributed by atoms with E-state index in [0.717, 1.165) is 77.0 Å². The predicted molar refractivity (Wildman–Crippen MR) is 330 cm³/mol. The molecule has 0 fully saturated rings. The van der Waals surface area contributed by atoms with Gasteiger partial charge in [0.25, 0.3) is 7.82 Å². The van der Waals surface area contributed by atoms with Crippen molar-refractivity contribution in [1.29, 1.82) is 0 Å². The molecule has 9 heteroatoms. The number of hydrogen-bond acceptors (Lipinski definition) is 6. The molecule has 444 valence electrons. The summed E-state index contributed by atoms with van der Waals surface area (Å²) in [5.74, 6) is -0.166. The Balaban J connectivity index is 4.10. The average molecular weight is 1090 g/mol. The van der Waals surface area contributed by atoms with Gasteiger partial charge in [-0.05, 0) is 64.2 Å². The summed E-state index contributed by atoms with van der Waals surface area (Å²) in [6, 6.07) is -0.806. The summed E-state index contributed by atoms with van der Waals surface area (Å²) in [7, 11) is 1.31. The Bertz CT molecular complexity index is 1470. The van der Waals surface area contributed by atoms with Gasteiger partial charge in [-0.15, -0.1) is 0 Å². The molecule has 0 aromatic rings. The lowest BCUT2D eigenvalue weighted by molar-refractivity contribution is -0.870. The van der Waals surface area contributed by atoms with E-state index in [-0.39, 0.29) is 19.1 Å². The summed E-state index contributed by atoms with van der Waals surface area (Å²) in [6.45, 7) is 4.64. The van der Waals surface area contributed by atoms with Crippen LogP contribution in [0.2, 0.25) is 0 Å². The first kappa shape index (κ1) is 73.9. The number of phosphoric ester groups is 1. The molecule has 0 saturated heterocycles. The number of unbranched alkanes of at least 4 members (excludes halogenated alkanes) is 34. The second kappa shape index (κ2) is 57.6. The van der Waals surface area contributed by atoms with E-state index in [1.54, 1.807) is 0 Å². The molecule has 0 aliphatic rings. The van der Waals surface area contributed by atoms with E-state index in [4.69, 9.17) is 9.05 Å². The molecule has 0 spiro atoms. The number of phosphoric acid groups is 1. The van der Waals surface area contributed by atoms with Gasteiger partial charge in [0.05, 0.1) is 39.9 Å². The quantitative estimate of drug-likeness (QED) is 0.0272. The van der Waals surface area contributed by atoms with E-state index in [1.165, 1.54) is 193 Å². The Morgan fingerprint density at radius 2 is 0.803 bits per heavy atom. The SMILES string of the molecule is CC/C=C\C/C=C\C/C=C\C/C=C\C/C=C\C/C=C\CCCCCCCCCCCCCCC(=O)NC(COP(=O)([O-])OCC[N+](C)(C)C)C(O)CCCCCCCCCCCCCCCCCCCCCCCCC. The number of amides is 1. The third-order valence-corrected chi connectivity index (χ3v) is 15.4. The number of likely N-dealkylation sites (N-methyl/N-ethyl adjacent to an activating group) is 1. The lowest BCUT2D eigenvalue weighted by Gasteiger charge is -2.30. The van der Waals surface area contributed by atoms with Crippen LogP contribution in [-0.4, -0.2) is 68.5 Å². The summed E-state index contributed by atoms with van der Waals surface area (Å²) < 4.78 is 23.5. The number of rotatable bonds is 59. The van der Waals surface area contributed by atoms with Gasteiger partial charge in [0.15, 0.2) is 0 Å². The van der Waals surface area contributed by atoms with Gasteiger partial charge < -0.3 is 28.8 Å². The van der Waals surface area contributed by atoms with Crippen molar-refractivity contribution in [3.63, 3.8) is 0 Å². The van der Waals surface area contributed by atoms with Crippen molar-refractivity contribution in [2.75, 3.05) is 40.9 Å². The standard InChI is InChI=1S/C67H125N2O6P/c1-6-8-10-12-14-16-18-20-22-24-26-28-30-31-32-33-34-35-36-37-39-41-43-45-47-49-51-53-55-57-59-61-67(71)68-65(64-75-76(72,73)74-63-62-69(3,4)5)66(70)60-58-56-54-52-50-48-46-44-42-40-38-29-27-25-23-21-19-17-15-13-11-9-7-2/h8,10,14,16,20,22,26,28,31-32,34-35,65-66,70H,6-7,9,11-13,15,17-19,21,23-25,27,29-30,33,36-64H2,1-5H3,(H-,68,71,72,73)/b10-8-,16-14-,22-20-,28-26-,32-31-,35-34-. The van der Waals surface area contributed by atoms with Gasteiger partial charge in [-0.1, -0.05) is 299 Å². The molecule has 0 aromatic carbocycles. The molecular weight excluding hydrogens is 960 g/mol. The molecule has 0 rings (SSSR count). The van der Waals surface area contributed by atoms with Crippen LogP contribution in [0.25, 0.3) is 0 Å². The first-order valence-corrected chi connectivity index (χ1v) is 33.7. The maximum Gasteiger partial charge on any atom is 0.268 e. The first-order valence-electron chi connectivity index (χ1n) is 32.3. The maximum atomic E-state index is 13.0. The third-order valence-electron chi connectivity index (χ3n) is 14.5. The van der Waals surface area contributed by atoms with E-state index in [1.807, 2.05) is 21.1 Å². The zero-order valence-electron chi connectivity index (χ0n) is 50.7. The molecule has 0 aliphatic heterocycles. The highest BCUT2D eigenvalue weighted by atomic mass is 31.2. The smallest absolute Gasteiger partial charge is 0.268 e. The van der Waals surface area contributed by atoms with E-state index in [2.05, 4.69) is 92.1 Å². The second-order valence-corrected chi connectivity index (χ2v) is 24.5. The highest BCUT2D eigenvalue weighted by Gasteiger charge is 2.24. The molecule has 0 aromatic heterocycles. The van der Waals surface area contributed by atoms with Crippen molar-refractivity contribution < 1.29 is 32.9 Å². The zero-order chi connectivity index (χ0) is 55.6. The number of nitrogens with one attached hydrogen (secondary N) is 1. The van der Waals surface area contributed by atoms with Crippen LogP contribution in [0.1, 0.15) is 296 Å². The summed E-state index contributed by atoms with van der Waals surface area (Å²) in [4.78, 5) is 25.6. The van der Waals surface area contributed by atoms with Crippen molar-refractivity contribution in [3.05, 3.63) is 72.9 Å². The van der Waals surface area contributed by atoms with Gasteiger partial charge in [-0.3, -0.25) is 9.36 Å². The minimum absolute atomic E-state index is 0.0101. The van der Waals surface area contributed by atoms with Crippen LogP contribution < -0.4 is 10.2 Å². The summed E-state index contributed by atoms with van der Waals surface area (Å²) in [5.41, 5.74) is 0. The molecule has 0 heterocycles. The predicted octanol–water partition coefficient (Wildman–Crippen LogP) is 19.6. The molecular formula is C67H125N2O6P. The molecule has 8 nitrogen and oxygen atoms in total. The molecule has 76 heavy (non-hydrogen) atoms. The van der Waals surface area contributed by atoms with Crippen LogP contribution in [-0.2, 0) is 18.4 Å². The van der Waals surface area contributed by atoms with Crippen LogP contribution in [0.4, 0.5) is 0 Å². The van der Waals surface area contributed by atoms with Gasteiger partial charge in [0.2, 0.25) is 5.91 Å². The van der Waals surface area contributed by atoms with E-state index < -0.39 is 20.0 Å². The number of nitrogens with zero attached hydrogens (tertiary/aromatic N) is 1. The molecule has 3 unspecified atom stereocenters. The Labute approximate surface area is 472 Å². The number of allylic oxidation sites excluding steroid dienone is 12. The topological polar surface area (TPSA) is 108 Å². The van der Waals surface area contributed by atoms with Gasteiger partial charge >= 0.3 is 0 Å². The van der Waals surface area contributed by atoms with Crippen LogP contribution in [0.3, 0.4) is 0 Å². The number of carbonyl (C=O) groups is 1. The summed E-state index contributed by atoms with van der Waals surface area (Å²) >= 11 is 0. The number of aliphatic hydroxyl groups is 1. The lowest BCUT2D eigenvalue weighted by Crippen LogP contribution is -2.46. The van der Waals surface area contributed by atoms with Crippen molar-refractivity contribution in [2.24, 2.45) is 0 Å². The molecule has 2 N–H and O–H groups in total. The minimum Gasteiger partial charge on any atom is -0.756 e. The van der Waals surface area contributed by atoms with Crippen molar-refractivity contribution in [2.45, 2.75) is 309 Å². The number of aliphatic hydroxyl groups excluding tert-OH is 1. The van der Waals surface area contributed by atoms with Gasteiger partial charge in [0.1, 0.15) is 13.2 Å². The third kappa shape index (κ3) is 59.6. The van der Waals surface area contributed by atoms with Gasteiger partial charge in [0, 0.05) is 6.42 Å². The second-order valence-electron chi connectivity index (χ2n) is 23.1. The van der Waals surface area contributed by atoms with E-state index >= 15 is 0 Å². The minimum atomic E-state index is -4.58. The molecule has 0 aliphatic carbocycles. The fraction of sp³-hybridized carbons (Fsp3) is 0.806. The number of quaternary nitrogens is 1. The first-order chi connectivity index (χ1) is 37.0. The monoisotopic (exact) mass is 1080 g/mol. The van der Waals surface area contributed by atoms with Crippen LogP contribution in [0.5, 0.6) is 0 Å². The highest BCUT2D eigenvalue weighted by Crippen LogP contribution is 2.38. The highest BCUT2D eigenvalue weighted by molar-refractivity contribution is 7.45. The van der Waals surface area contributed by atoms with Gasteiger partial charge in [-0.2, -0.15) is 0 Å². The van der Waals surface area contributed by atoms with Crippen molar-refractivity contribution in [1.82, 2.24) is 5.32 Å². The Morgan fingerprint density at radius 1 is 0.474 bits per heavy atom. The molecule has 3 atom stereocenters. The van der Waals surface area contributed by atoms with Crippen molar-refractivity contribution in [3.8, 4) is 0 Å². The normalized spacial score (nSPS) is 14.2.